The zero-order valence-corrected chi connectivity index (χ0v) is 13.1. The van der Waals surface area contributed by atoms with Crippen molar-refractivity contribution in [3.63, 3.8) is 0 Å². The molecule has 0 bridgehead atoms. The monoisotopic (exact) mass is 315 g/mol. The number of benzene rings is 2. The van der Waals surface area contributed by atoms with Gasteiger partial charge in [-0.05, 0) is 35.2 Å². The maximum Gasteiger partial charge on any atom is 0.264 e. The topological polar surface area (TPSA) is 20.3 Å². The Morgan fingerprint density at radius 2 is 1.95 bits per heavy atom. The van der Waals surface area contributed by atoms with E-state index in [0.717, 1.165) is 20.5 Å². The molecule has 0 aliphatic carbocycles. The summed E-state index contributed by atoms with van der Waals surface area (Å²) in [7, 11) is 1.81. The second-order valence-corrected chi connectivity index (χ2v) is 6.46. The molecule has 0 N–H and O–H groups in total. The fourth-order valence-electron chi connectivity index (χ4n) is 2.26. The minimum atomic E-state index is 0.0381. The molecule has 0 saturated carbocycles. The van der Waals surface area contributed by atoms with Crippen molar-refractivity contribution in [2.45, 2.75) is 6.54 Å². The summed E-state index contributed by atoms with van der Waals surface area (Å²) in [5.74, 6) is 0.0381. The first-order valence-electron chi connectivity index (χ1n) is 6.62. The average Bonchev–Trinajstić information content (AvgIpc) is 2.90. The van der Waals surface area contributed by atoms with Crippen LogP contribution in [0.5, 0.6) is 0 Å². The number of fused-ring (bicyclic) bond motifs is 1. The largest absolute Gasteiger partial charge is 0.337 e. The summed E-state index contributed by atoms with van der Waals surface area (Å²) in [6.07, 6.45) is 0. The van der Waals surface area contributed by atoms with Crippen LogP contribution >= 0.6 is 22.9 Å². The number of hydrogen-bond donors (Lipinski definition) is 0. The number of rotatable bonds is 3. The van der Waals surface area contributed by atoms with Crippen LogP contribution in [0, 0.1) is 0 Å². The van der Waals surface area contributed by atoms with Gasteiger partial charge in [0, 0.05) is 23.3 Å². The van der Waals surface area contributed by atoms with Crippen LogP contribution in [0.25, 0.3) is 10.1 Å². The van der Waals surface area contributed by atoms with E-state index < -0.39 is 0 Å². The molecule has 0 aliphatic rings. The number of carbonyl (C=O) groups is 1. The lowest BCUT2D eigenvalue weighted by molar-refractivity contribution is 0.0790. The van der Waals surface area contributed by atoms with Gasteiger partial charge >= 0.3 is 0 Å². The minimum absolute atomic E-state index is 0.0381. The molecule has 4 heteroatoms. The van der Waals surface area contributed by atoms with Crippen LogP contribution in [0.4, 0.5) is 0 Å². The Labute approximate surface area is 132 Å². The highest BCUT2D eigenvalue weighted by molar-refractivity contribution is 7.20. The average molecular weight is 316 g/mol. The fourth-order valence-corrected chi connectivity index (χ4v) is 3.53. The molecule has 2 aromatic carbocycles. The Morgan fingerprint density at radius 1 is 1.14 bits per heavy atom. The summed E-state index contributed by atoms with van der Waals surface area (Å²) < 4.78 is 1.14. The van der Waals surface area contributed by atoms with E-state index in [2.05, 4.69) is 0 Å². The van der Waals surface area contributed by atoms with E-state index in [-0.39, 0.29) is 5.91 Å². The summed E-state index contributed by atoms with van der Waals surface area (Å²) in [6.45, 7) is 0.549. The van der Waals surface area contributed by atoms with Crippen LogP contribution in [-0.4, -0.2) is 17.9 Å². The van der Waals surface area contributed by atoms with Crippen molar-refractivity contribution in [2.75, 3.05) is 7.05 Å². The van der Waals surface area contributed by atoms with Crippen molar-refractivity contribution >= 4 is 38.9 Å². The quantitative estimate of drug-likeness (QED) is 0.678. The Balaban J connectivity index is 1.80. The van der Waals surface area contributed by atoms with E-state index in [4.69, 9.17) is 11.6 Å². The van der Waals surface area contributed by atoms with Gasteiger partial charge in [-0.15, -0.1) is 11.3 Å². The molecule has 0 saturated heterocycles. The summed E-state index contributed by atoms with van der Waals surface area (Å²) in [6, 6.07) is 17.6. The molecule has 21 heavy (non-hydrogen) atoms. The molecule has 0 spiro atoms. The summed E-state index contributed by atoms with van der Waals surface area (Å²) in [4.78, 5) is 15.0. The lowest BCUT2D eigenvalue weighted by Gasteiger charge is -2.16. The normalized spacial score (nSPS) is 10.8. The molecule has 0 atom stereocenters. The van der Waals surface area contributed by atoms with E-state index >= 15 is 0 Å². The highest BCUT2D eigenvalue weighted by Gasteiger charge is 2.15. The second kappa shape index (κ2) is 5.88. The van der Waals surface area contributed by atoms with Gasteiger partial charge in [0.2, 0.25) is 0 Å². The van der Waals surface area contributed by atoms with E-state index in [1.807, 2.05) is 61.6 Å². The Morgan fingerprint density at radius 3 is 2.71 bits per heavy atom. The third kappa shape index (κ3) is 3.09. The second-order valence-electron chi connectivity index (χ2n) is 4.94. The molecule has 0 unspecified atom stereocenters. The Bertz CT molecular complexity index is 763. The van der Waals surface area contributed by atoms with Crippen LogP contribution in [0.2, 0.25) is 5.02 Å². The molecule has 3 rings (SSSR count). The van der Waals surface area contributed by atoms with Crippen molar-refractivity contribution < 1.29 is 4.79 Å². The van der Waals surface area contributed by atoms with E-state index in [1.165, 1.54) is 11.3 Å². The van der Waals surface area contributed by atoms with Gasteiger partial charge in [0.1, 0.15) is 0 Å². The van der Waals surface area contributed by atoms with Crippen LogP contribution < -0.4 is 0 Å². The molecule has 106 valence electrons. The maximum atomic E-state index is 12.5. The Hall–Kier alpha value is -1.84. The lowest BCUT2D eigenvalue weighted by Crippen LogP contribution is -2.25. The van der Waals surface area contributed by atoms with E-state index in [9.17, 15) is 4.79 Å². The van der Waals surface area contributed by atoms with Gasteiger partial charge in [0.05, 0.1) is 4.88 Å². The number of thiophene rings is 1. The summed E-state index contributed by atoms with van der Waals surface area (Å²) in [5, 5.41) is 1.80. The van der Waals surface area contributed by atoms with Gasteiger partial charge in [-0.1, -0.05) is 41.9 Å². The first kappa shape index (κ1) is 14.1. The minimum Gasteiger partial charge on any atom is -0.337 e. The van der Waals surface area contributed by atoms with Crippen molar-refractivity contribution in [1.82, 2.24) is 4.90 Å². The van der Waals surface area contributed by atoms with Crippen molar-refractivity contribution in [3.8, 4) is 0 Å². The molecule has 1 aromatic heterocycles. The smallest absolute Gasteiger partial charge is 0.264 e. The number of halogens is 1. The molecule has 1 amide bonds. The Kier molecular flexibility index (Phi) is 3.95. The molecular formula is C17H14ClNOS. The predicted octanol–water partition coefficient (Wildman–Crippen LogP) is 4.83. The maximum absolute atomic E-state index is 12.5. The van der Waals surface area contributed by atoms with Gasteiger partial charge in [-0.25, -0.2) is 0 Å². The number of amides is 1. The number of carbonyl (C=O) groups excluding carboxylic acids is 1. The SMILES string of the molecule is CN(Cc1cccc(Cl)c1)C(=O)c1cc2ccccc2s1. The molecule has 3 aromatic rings. The van der Waals surface area contributed by atoms with Gasteiger partial charge < -0.3 is 4.90 Å². The molecule has 0 aliphatic heterocycles. The summed E-state index contributed by atoms with van der Waals surface area (Å²) >= 11 is 7.51. The molecule has 0 radical (unpaired) electrons. The van der Waals surface area contributed by atoms with Crippen LogP contribution in [0.3, 0.4) is 0 Å². The number of nitrogens with zero attached hydrogens (tertiary/aromatic N) is 1. The van der Waals surface area contributed by atoms with E-state index in [1.54, 1.807) is 4.90 Å². The first-order chi connectivity index (χ1) is 10.1. The zero-order valence-electron chi connectivity index (χ0n) is 11.5. The molecule has 0 fully saturated rings. The third-order valence-corrected chi connectivity index (χ3v) is 4.63. The number of hydrogen-bond acceptors (Lipinski definition) is 2. The van der Waals surface area contributed by atoms with Crippen LogP contribution in [0.15, 0.2) is 54.6 Å². The van der Waals surface area contributed by atoms with Crippen LogP contribution in [-0.2, 0) is 6.54 Å². The first-order valence-corrected chi connectivity index (χ1v) is 7.81. The highest BCUT2D eigenvalue weighted by atomic mass is 35.5. The van der Waals surface area contributed by atoms with E-state index in [0.29, 0.717) is 11.6 Å². The van der Waals surface area contributed by atoms with Crippen molar-refractivity contribution in [1.29, 1.82) is 0 Å². The predicted molar refractivity (Wildman–Crippen MR) is 89.1 cm³/mol. The zero-order chi connectivity index (χ0) is 14.8. The molecular weight excluding hydrogens is 302 g/mol. The van der Waals surface area contributed by atoms with Crippen molar-refractivity contribution in [2.24, 2.45) is 0 Å². The molecule has 1 heterocycles. The third-order valence-electron chi connectivity index (χ3n) is 3.29. The lowest BCUT2D eigenvalue weighted by atomic mass is 10.2. The van der Waals surface area contributed by atoms with Gasteiger partial charge in [0.25, 0.3) is 5.91 Å². The van der Waals surface area contributed by atoms with Crippen molar-refractivity contribution in [3.05, 3.63) is 70.1 Å². The van der Waals surface area contributed by atoms with Gasteiger partial charge in [-0.3, -0.25) is 4.79 Å². The molecule has 2 nitrogen and oxygen atoms in total. The van der Waals surface area contributed by atoms with Gasteiger partial charge in [-0.2, -0.15) is 0 Å². The summed E-state index contributed by atoms with van der Waals surface area (Å²) in [5.41, 5.74) is 1.03. The van der Waals surface area contributed by atoms with Crippen LogP contribution in [0.1, 0.15) is 15.2 Å². The highest BCUT2D eigenvalue weighted by Crippen LogP contribution is 2.26. The standard InChI is InChI=1S/C17H14ClNOS/c1-19(11-12-5-4-7-14(18)9-12)17(20)16-10-13-6-2-3-8-15(13)21-16/h2-10H,11H2,1H3. The fraction of sp³-hybridized carbons (Fsp3) is 0.118. The van der Waals surface area contributed by atoms with Gasteiger partial charge in [0.15, 0.2) is 0 Å².